The highest BCUT2D eigenvalue weighted by Crippen LogP contribution is 2.14. The first-order valence-electron chi connectivity index (χ1n) is 18.6. The van der Waals surface area contributed by atoms with Crippen molar-refractivity contribution in [2.45, 2.75) is 199 Å². The summed E-state index contributed by atoms with van der Waals surface area (Å²) in [5.41, 5.74) is 0. The van der Waals surface area contributed by atoms with Gasteiger partial charge < -0.3 is 15.5 Å². The van der Waals surface area contributed by atoms with Crippen molar-refractivity contribution in [1.29, 1.82) is 0 Å². The number of hydrogen-bond acceptors (Lipinski definition) is 5. The van der Waals surface area contributed by atoms with E-state index in [1.807, 2.05) is 0 Å². The van der Waals surface area contributed by atoms with Crippen LogP contribution in [0.5, 0.6) is 0 Å². The average Bonchev–Trinajstić information content (AvgIpc) is 3.00. The normalized spacial score (nSPS) is 14.3. The predicted molar refractivity (Wildman–Crippen MR) is 190 cm³/mol. The molecular formula is C37H71NO6S. The zero-order valence-corrected chi connectivity index (χ0v) is 29.9. The molecule has 0 saturated heterocycles. The lowest BCUT2D eigenvalue weighted by atomic mass is 10.0. The molecule has 7 nitrogen and oxygen atoms in total. The van der Waals surface area contributed by atoms with Gasteiger partial charge in [0.15, 0.2) is 0 Å². The van der Waals surface area contributed by atoms with E-state index in [-0.39, 0.29) is 6.42 Å². The van der Waals surface area contributed by atoms with Gasteiger partial charge in [0.05, 0.1) is 17.9 Å². The fourth-order valence-electron chi connectivity index (χ4n) is 5.57. The zero-order valence-electron chi connectivity index (χ0n) is 29.1. The van der Waals surface area contributed by atoms with Crippen LogP contribution in [0.2, 0.25) is 0 Å². The highest BCUT2D eigenvalue weighted by molar-refractivity contribution is 7.85. The molecule has 0 saturated carbocycles. The molecule has 1 amide bonds. The first-order valence-corrected chi connectivity index (χ1v) is 20.3. The van der Waals surface area contributed by atoms with Crippen molar-refractivity contribution in [2.75, 3.05) is 5.75 Å². The molecule has 8 heteroatoms. The smallest absolute Gasteiger partial charge is 0.267 e. The number of allylic oxidation sites excluding steroid dienone is 3. The van der Waals surface area contributed by atoms with Crippen LogP contribution in [0, 0.1) is 0 Å². The molecule has 266 valence electrons. The van der Waals surface area contributed by atoms with Crippen LogP contribution in [0.4, 0.5) is 0 Å². The molecule has 0 aliphatic heterocycles. The van der Waals surface area contributed by atoms with Crippen molar-refractivity contribution in [1.82, 2.24) is 5.32 Å². The van der Waals surface area contributed by atoms with Crippen LogP contribution >= 0.6 is 0 Å². The standard InChI is InChI=1S/C37H71NO6S/c1-3-5-7-9-11-13-14-15-16-17-18-19-20-21-22-23-24-26-28-30-32-36(40)37(41)38-34(33-45(42,43)44)35(39)31-29-27-25-12-10-8-6-4-2/h19-20,29,31,34-36,39-40H,3-18,21-28,30,32-33H2,1-2H3,(H,38,41)(H,42,43,44)/b20-19-,31-29+. The molecule has 0 radical (unpaired) electrons. The summed E-state index contributed by atoms with van der Waals surface area (Å²) in [6, 6.07) is -1.23. The van der Waals surface area contributed by atoms with E-state index in [1.165, 1.54) is 115 Å². The molecule has 0 rings (SSSR count). The van der Waals surface area contributed by atoms with Crippen molar-refractivity contribution < 1.29 is 28.0 Å². The summed E-state index contributed by atoms with van der Waals surface area (Å²) in [5.74, 6) is -1.54. The molecule has 0 aromatic carbocycles. The van der Waals surface area contributed by atoms with E-state index in [0.29, 0.717) is 6.42 Å². The third kappa shape index (κ3) is 31.2. The van der Waals surface area contributed by atoms with Gasteiger partial charge in [0.2, 0.25) is 5.91 Å². The summed E-state index contributed by atoms with van der Waals surface area (Å²) < 4.78 is 32.2. The first kappa shape index (κ1) is 43.8. The Bertz CT molecular complexity index is 829. The van der Waals surface area contributed by atoms with Crippen LogP contribution in [-0.4, -0.2) is 53.1 Å². The van der Waals surface area contributed by atoms with Crippen molar-refractivity contribution >= 4 is 16.0 Å². The maximum absolute atomic E-state index is 12.5. The van der Waals surface area contributed by atoms with Gasteiger partial charge in [-0.25, -0.2) is 0 Å². The lowest BCUT2D eigenvalue weighted by molar-refractivity contribution is -0.130. The summed E-state index contributed by atoms with van der Waals surface area (Å²) >= 11 is 0. The Labute approximate surface area is 277 Å². The van der Waals surface area contributed by atoms with Gasteiger partial charge in [0.25, 0.3) is 10.1 Å². The number of rotatable bonds is 33. The van der Waals surface area contributed by atoms with E-state index in [0.717, 1.165) is 44.9 Å². The highest BCUT2D eigenvalue weighted by atomic mass is 32.2. The number of amides is 1. The Morgan fingerprint density at radius 3 is 1.40 bits per heavy atom. The Morgan fingerprint density at radius 1 is 0.600 bits per heavy atom. The number of nitrogens with one attached hydrogen (secondary N) is 1. The largest absolute Gasteiger partial charge is 0.387 e. The van der Waals surface area contributed by atoms with Crippen molar-refractivity contribution in [3.05, 3.63) is 24.3 Å². The Morgan fingerprint density at radius 2 is 0.978 bits per heavy atom. The van der Waals surface area contributed by atoms with Gasteiger partial charge in [0.1, 0.15) is 6.10 Å². The molecule has 0 spiro atoms. The van der Waals surface area contributed by atoms with Gasteiger partial charge in [-0.2, -0.15) is 8.42 Å². The summed E-state index contributed by atoms with van der Waals surface area (Å²) in [6.07, 6.45) is 35.4. The van der Waals surface area contributed by atoms with Gasteiger partial charge in [-0.05, 0) is 44.9 Å². The second-order valence-electron chi connectivity index (χ2n) is 13.0. The maximum Gasteiger partial charge on any atom is 0.267 e. The molecule has 0 fully saturated rings. The van der Waals surface area contributed by atoms with Crippen LogP contribution in [0.3, 0.4) is 0 Å². The molecule has 0 aliphatic carbocycles. The van der Waals surface area contributed by atoms with Crippen molar-refractivity contribution in [3.63, 3.8) is 0 Å². The van der Waals surface area contributed by atoms with E-state index in [4.69, 9.17) is 0 Å². The minimum Gasteiger partial charge on any atom is -0.387 e. The molecule has 3 unspecified atom stereocenters. The molecule has 0 aliphatic rings. The zero-order chi connectivity index (χ0) is 33.4. The third-order valence-electron chi connectivity index (χ3n) is 8.48. The Hall–Kier alpha value is -1.22. The monoisotopic (exact) mass is 658 g/mol. The van der Waals surface area contributed by atoms with Crippen LogP contribution < -0.4 is 5.32 Å². The average molecular weight is 658 g/mol. The summed E-state index contributed by atoms with van der Waals surface area (Å²) in [6.45, 7) is 4.44. The second-order valence-corrected chi connectivity index (χ2v) is 14.5. The maximum atomic E-state index is 12.5. The van der Waals surface area contributed by atoms with E-state index in [9.17, 15) is 28.0 Å². The van der Waals surface area contributed by atoms with E-state index < -0.39 is 40.0 Å². The van der Waals surface area contributed by atoms with Gasteiger partial charge in [0, 0.05) is 0 Å². The molecule has 0 heterocycles. The second kappa shape index (κ2) is 31.4. The molecular weight excluding hydrogens is 586 g/mol. The fourth-order valence-corrected chi connectivity index (χ4v) is 6.30. The Kier molecular flexibility index (Phi) is 30.5. The number of carbonyl (C=O) groups is 1. The summed E-state index contributed by atoms with van der Waals surface area (Å²) in [5, 5.41) is 23.2. The lowest BCUT2D eigenvalue weighted by Crippen LogP contribution is -2.50. The van der Waals surface area contributed by atoms with Gasteiger partial charge in [-0.15, -0.1) is 0 Å². The number of aliphatic hydroxyl groups is 2. The fraction of sp³-hybridized carbons (Fsp3) is 0.865. The lowest BCUT2D eigenvalue weighted by Gasteiger charge is -2.22. The number of carbonyl (C=O) groups excluding carboxylic acids is 1. The van der Waals surface area contributed by atoms with Crippen LogP contribution in [-0.2, 0) is 14.9 Å². The molecule has 0 aromatic heterocycles. The van der Waals surface area contributed by atoms with Gasteiger partial charge in [-0.3, -0.25) is 9.35 Å². The first-order chi connectivity index (χ1) is 21.7. The minimum atomic E-state index is -4.43. The molecule has 45 heavy (non-hydrogen) atoms. The van der Waals surface area contributed by atoms with E-state index in [2.05, 4.69) is 31.3 Å². The van der Waals surface area contributed by atoms with Gasteiger partial charge in [-0.1, -0.05) is 160 Å². The SMILES string of the molecule is CCCCCCCC/C=C/C(O)C(CS(=O)(=O)O)NC(=O)C(O)CCCCCCCC/C=C\CCCCCCCCCCCC. The molecule has 0 aromatic rings. The number of unbranched alkanes of at least 4 members (excludes halogenated alkanes) is 22. The van der Waals surface area contributed by atoms with Crippen LogP contribution in [0.15, 0.2) is 24.3 Å². The summed E-state index contributed by atoms with van der Waals surface area (Å²) in [4.78, 5) is 12.5. The third-order valence-corrected chi connectivity index (χ3v) is 9.26. The van der Waals surface area contributed by atoms with Crippen LogP contribution in [0.25, 0.3) is 0 Å². The van der Waals surface area contributed by atoms with Crippen LogP contribution in [0.1, 0.15) is 181 Å². The highest BCUT2D eigenvalue weighted by Gasteiger charge is 2.27. The van der Waals surface area contributed by atoms with Crippen molar-refractivity contribution in [3.8, 4) is 0 Å². The topological polar surface area (TPSA) is 124 Å². The number of hydrogen-bond donors (Lipinski definition) is 4. The van der Waals surface area contributed by atoms with Crippen molar-refractivity contribution in [2.24, 2.45) is 0 Å². The predicted octanol–water partition coefficient (Wildman–Crippen LogP) is 9.38. The Balaban J connectivity index is 3.97. The molecule has 0 bridgehead atoms. The molecule has 3 atom stereocenters. The minimum absolute atomic E-state index is 0.274. The molecule has 4 N–H and O–H groups in total. The van der Waals surface area contributed by atoms with Gasteiger partial charge >= 0.3 is 0 Å². The van der Waals surface area contributed by atoms with E-state index in [1.54, 1.807) is 6.08 Å². The van der Waals surface area contributed by atoms with E-state index >= 15 is 0 Å². The quantitative estimate of drug-likeness (QED) is 0.0317. The summed E-state index contributed by atoms with van der Waals surface area (Å²) in [7, 11) is -4.43. The number of aliphatic hydroxyl groups excluding tert-OH is 2.